The van der Waals surface area contributed by atoms with Crippen LogP contribution in [0.3, 0.4) is 0 Å². The second kappa shape index (κ2) is 9.55. The van der Waals surface area contributed by atoms with Gasteiger partial charge in [-0.05, 0) is 25.0 Å². The number of carbonyl (C=O) groups is 4. The van der Waals surface area contributed by atoms with Gasteiger partial charge in [-0.1, -0.05) is 31.0 Å². The van der Waals surface area contributed by atoms with E-state index in [1.54, 1.807) is 24.3 Å². The molecular weight excluding hydrogens is 338 g/mol. The van der Waals surface area contributed by atoms with E-state index in [0.717, 1.165) is 12.8 Å². The fourth-order valence-electron chi connectivity index (χ4n) is 3.00. The summed E-state index contributed by atoms with van der Waals surface area (Å²) in [7, 11) is 0. The molecule has 1 aromatic rings. The van der Waals surface area contributed by atoms with Crippen LogP contribution in [0.5, 0.6) is 0 Å². The van der Waals surface area contributed by atoms with Gasteiger partial charge < -0.3 is 10.4 Å². The van der Waals surface area contributed by atoms with E-state index in [1.165, 1.54) is 0 Å². The third kappa shape index (κ3) is 5.87. The Balaban J connectivity index is 1.71. The Morgan fingerprint density at radius 1 is 0.885 bits per heavy atom. The first-order chi connectivity index (χ1) is 12.5. The number of amides is 3. The van der Waals surface area contributed by atoms with Gasteiger partial charge in [0.15, 0.2) is 0 Å². The summed E-state index contributed by atoms with van der Waals surface area (Å²) in [4.78, 5) is 46.9. The van der Waals surface area contributed by atoms with Gasteiger partial charge in [0.2, 0.25) is 17.7 Å². The molecule has 0 aromatic heterocycles. The number of carboxylic acids is 1. The van der Waals surface area contributed by atoms with Crippen LogP contribution >= 0.6 is 0 Å². The lowest BCUT2D eigenvalue weighted by Crippen LogP contribution is -2.48. The quantitative estimate of drug-likeness (QED) is 0.571. The normalized spacial score (nSPS) is 19.2. The van der Waals surface area contributed by atoms with Crippen LogP contribution in [-0.2, 0) is 19.2 Å². The first-order valence-corrected chi connectivity index (χ1v) is 8.64. The zero-order chi connectivity index (χ0) is 18.9. The number of carbonyl (C=O) groups excluding carboxylic acids is 3. The highest BCUT2D eigenvalue weighted by Crippen LogP contribution is 2.30. The maximum atomic E-state index is 12.1. The highest BCUT2D eigenvalue weighted by Gasteiger charge is 2.35. The number of hydrogen-bond acceptors (Lipinski definition) is 4. The van der Waals surface area contributed by atoms with Crippen LogP contribution in [-0.4, -0.2) is 28.8 Å². The summed E-state index contributed by atoms with van der Waals surface area (Å²) in [6.45, 7) is 0. The van der Waals surface area contributed by atoms with Crippen LogP contribution in [0.4, 0.5) is 5.69 Å². The molecule has 4 N–H and O–H groups in total. The van der Waals surface area contributed by atoms with Crippen molar-refractivity contribution in [1.29, 1.82) is 0 Å². The van der Waals surface area contributed by atoms with Crippen LogP contribution < -0.4 is 16.2 Å². The van der Waals surface area contributed by atoms with E-state index < -0.39 is 29.6 Å². The minimum atomic E-state index is -0.992. The standard InChI is InChI=1S/C18H23N3O5/c22-15(19-12-6-2-1-3-7-12)10-11-16(23)20-21-17(24)13-8-4-5-9-14(13)18(25)26/h1-3,6-7,13-14H,4-5,8-11H2,(H,19,22)(H,20,23)(H,21,24)(H,25,26)/t13?,14-/m0/s1. The van der Waals surface area contributed by atoms with Crippen LogP contribution in [0.1, 0.15) is 38.5 Å². The van der Waals surface area contributed by atoms with Crippen molar-refractivity contribution in [1.82, 2.24) is 10.9 Å². The third-order valence-corrected chi connectivity index (χ3v) is 4.38. The second-order valence-corrected chi connectivity index (χ2v) is 6.29. The zero-order valence-electron chi connectivity index (χ0n) is 14.4. The average Bonchev–Trinajstić information content (AvgIpc) is 2.65. The van der Waals surface area contributed by atoms with Crippen LogP contribution in [0.25, 0.3) is 0 Å². The summed E-state index contributed by atoms with van der Waals surface area (Å²) in [5.74, 6) is -3.69. The summed E-state index contributed by atoms with van der Waals surface area (Å²) in [6, 6.07) is 8.87. The summed E-state index contributed by atoms with van der Waals surface area (Å²) in [5, 5.41) is 11.9. The topological polar surface area (TPSA) is 125 Å². The second-order valence-electron chi connectivity index (χ2n) is 6.29. The van der Waals surface area contributed by atoms with Gasteiger partial charge in [0.1, 0.15) is 0 Å². The van der Waals surface area contributed by atoms with Gasteiger partial charge >= 0.3 is 5.97 Å². The Labute approximate surface area is 151 Å². The molecule has 26 heavy (non-hydrogen) atoms. The van der Waals surface area contributed by atoms with Crippen molar-refractivity contribution in [2.75, 3.05) is 5.32 Å². The minimum Gasteiger partial charge on any atom is -0.481 e. The molecule has 1 unspecified atom stereocenters. The third-order valence-electron chi connectivity index (χ3n) is 4.38. The molecule has 140 valence electrons. The molecule has 0 spiro atoms. The number of hydrogen-bond donors (Lipinski definition) is 4. The molecule has 8 nitrogen and oxygen atoms in total. The van der Waals surface area contributed by atoms with E-state index in [1.807, 2.05) is 6.07 Å². The molecule has 2 rings (SSSR count). The zero-order valence-corrected chi connectivity index (χ0v) is 14.4. The molecule has 0 saturated heterocycles. The fourth-order valence-corrected chi connectivity index (χ4v) is 3.00. The van der Waals surface area contributed by atoms with Gasteiger partial charge in [-0.2, -0.15) is 0 Å². The van der Waals surface area contributed by atoms with Crippen molar-refractivity contribution >= 4 is 29.4 Å². The summed E-state index contributed by atoms with van der Waals surface area (Å²) in [5.41, 5.74) is 5.17. The van der Waals surface area contributed by atoms with E-state index >= 15 is 0 Å². The molecule has 1 fully saturated rings. The lowest BCUT2D eigenvalue weighted by Gasteiger charge is -2.27. The van der Waals surface area contributed by atoms with Crippen molar-refractivity contribution in [2.24, 2.45) is 11.8 Å². The SMILES string of the molecule is O=C(CCC(=O)Nc1ccccc1)NNC(=O)C1CCCC[C@@H]1C(=O)O. The first kappa shape index (κ1) is 19.4. The molecule has 8 heteroatoms. The number of anilines is 1. The van der Waals surface area contributed by atoms with Crippen molar-refractivity contribution in [2.45, 2.75) is 38.5 Å². The van der Waals surface area contributed by atoms with Crippen LogP contribution in [0.15, 0.2) is 30.3 Å². The largest absolute Gasteiger partial charge is 0.481 e. The van der Waals surface area contributed by atoms with Gasteiger partial charge in [0.05, 0.1) is 11.8 Å². The molecule has 1 aliphatic rings. The highest BCUT2D eigenvalue weighted by atomic mass is 16.4. The maximum absolute atomic E-state index is 12.1. The Kier molecular flexibility index (Phi) is 7.13. The summed E-state index contributed by atoms with van der Waals surface area (Å²) < 4.78 is 0. The van der Waals surface area contributed by atoms with Gasteiger partial charge in [-0.25, -0.2) is 0 Å². The number of aliphatic carboxylic acids is 1. The van der Waals surface area contributed by atoms with E-state index in [-0.39, 0.29) is 18.7 Å². The van der Waals surface area contributed by atoms with Crippen molar-refractivity contribution in [3.8, 4) is 0 Å². The Morgan fingerprint density at radius 3 is 2.15 bits per heavy atom. The predicted octanol–water partition coefficient (Wildman–Crippen LogP) is 1.44. The molecule has 3 amide bonds. The Hall–Kier alpha value is -2.90. The molecule has 0 heterocycles. The lowest BCUT2D eigenvalue weighted by atomic mass is 9.79. The molecule has 0 bridgehead atoms. The molecule has 1 saturated carbocycles. The van der Waals surface area contributed by atoms with E-state index in [4.69, 9.17) is 0 Å². The average molecular weight is 361 g/mol. The fraction of sp³-hybridized carbons (Fsp3) is 0.444. The van der Waals surface area contributed by atoms with Gasteiger partial charge in [0.25, 0.3) is 0 Å². The van der Waals surface area contributed by atoms with Crippen molar-refractivity contribution in [3.05, 3.63) is 30.3 Å². The monoisotopic (exact) mass is 361 g/mol. The number of para-hydroxylation sites is 1. The van der Waals surface area contributed by atoms with Gasteiger partial charge in [-0.3, -0.25) is 30.0 Å². The van der Waals surface area contributed by atoms with Crippen LogP contribution in [0, 0.1) is 11.8 Å². The predicted molar refractivity (Wildman–Crippen MR) is 93.7 cm³/mol. The van der Waals surface area contributed by atoms with Crippen molar-refractivity contribution < 1.29 is 24.3 Å². The van der Waals surface area contributed by atoms with Crippen LogP contribution in [0.2, 0.25) is 0 Å². The number of carboxylic acid groups (broad SMARTS) is 1. The molecule has 0 radical (unpaired) electrons. The minimum absolute atomic E-state index is 0.0300. The molecule has 1 aromatic carbocycles. The maximum Gasteiger partial charge on any atom is 0.307 e. The molecule has 0 aliphatic heterocycles. The molecule has 2 atom stereocenters. The summed E-state index contributed by atoms with van der Waals surface area (Å²) >= 11 is 0. The number of benzene rings is 1. The first-order valence-electron chi connectivity index (χ1n) is 8.64. The number of rotatable bonds is 6. The smallest absolute Gasteiger partial charge is 0.307 e. The highest BCUT2D eigenvalue weighted by molar-refractivity contribution is 5.93. The molecule has 1 aliphatic carbocycles. The van der Waals surface area contributed by atoms with Gasteiger partial charge in [0, 0.05) is 18.5 Å². The molecular formula is C18H23N3O5. The van der Waals surface area contributed by atoms with Crippen molar-refractivity contribution in [3.63, 3.8) is 0 Å². The number of nitrogens with one attached hydrogen (secondary N) is 3. The summed E-state index contributed by atoms with van der Waals surface area (Å²) in [6.07, 6.45) is 2.39. The van der Waals surface area contributed by atoms with E-state index in [9.17, 15) is 24.3 Å². The Morgan fingerprint density at radius 2 is 1.50 bits per heavy atom. The number of hydrazine groups is 1. The lowest BCUT2D eigenvalue weighted by molar-refractivity contribution is -0.149. The van der Waals surface area contributed by atoms with E-state index in [2.05, 4.69) is 16.2 Å². The Bertz CT molecular complexity index is 662. The van der Waals surface area contributed by atoms with E-state index in [0.29, 0.717) is 18.5 Å². The van der Waals surface area contributed by atoms with Gasteiger partial charge in [-0.15, -0.1) is 0 Å².